The zero-order valence-electron chi connectivity index (χ0n) is 14.9. The highest BCUT2D eigenvalue weighted by atomic mass is 35.5. The van der Waals surface area contributed by atoms with Gasteiger partial charge in [-0.15, -0.1) is 0 Å². The lowest BCUT2D eigenvalue weighted by atomic mass is 10.1. The number of Topliss-reactive ketones (excluding diaryl/α,β-unsaturated/α-hetero) is 1. The van der Waals surface area contributed by atoms with E-state index >= 15 is 0 Å². The number of thioether (sulfide) groups is 1. The van der Waals surface area contributed by atoms with E-state index < -0.39 is 0 Å². The number of hydrogen-bond acceptors (Lipinski definition) is 2. The second kappa shape index (κ2) is 7.01. The number of ketones is 1. The molecule has 4 heteroatoms. The van der Waals surface area contributed by atoms with Crippen molar-refractivity contribution >= 4 is 46.1 Å². The summed E-state index contributed by atoms with van der Waals surface area (Å²) < 4.78 is 2.19. The summed E-state index contributed by atoms with van der Waals surface area (Å²) in [5.74, 6) is 0.100. The summed E-state index contributed by atoms with van der Waals surface area (Å²) in [5.41, 5.74) is 4.04. The van der Waals surface area contributed by atoms with E-state index in [1.807, 2.05) is 66.7 Å². The molecular weight excluding hydrogens is 386 g/mol. The molecule has 0 fully saturated rings. The van der Waals surface area contributed by atoms with Crippen LogP contribution in [0.4, 0.5) is 0 Å². The molecule has 0 saturated heterocycles. The first kappa shape index (κ1) is 17.4. The minimum atomic E-state index is 0.100. The van der Waals surface area contributed by atoms with Gasteiger partial charge in [0.05, 0.1) is 4.91 Å². The van der Waals surface area contributed by atoms with Crippen molar-refractivity contribution in [3.63, 3.8) is 0 Å². The molecule has 136 valence electrons. The minimum absolute atomic E-state index is 0.100. The molecule has 0 spiro atoms. The number of rotatable bonds is 3. The number of carbonyl (C=O) groups is 1. The van der Waals surface area contributed by atoms with Gasteiger partial charge in [0.2, 0.25) is 5.78 Å². The van der Waals surface area contributed by atoms with Crippen LogP contribution in [-0.2, 0) is 6.54 Å². The average molecular weight is 402 g/mol. The highest BCUT2D eigenvalue weighted by Gasteiger charge is 2.25. The van der Waals surface area contributed by atoms with E-state index in [1.165, 1.54) is 0 Å². The van der Waals surface area contributed by atoms with Gasteiger partial charge in [-0.1, -0.05) is 71.9 Å². The molecule has 0 radical (unpaired) electrons. The highest BCUT2D eigenvalue weighted by molar-refractivity contribution is 8.04. The van der Waals surface area contributed by atoms with Crippen molar-refractivity contribution < 1.29 is 4.79 Å². The number of halogens is 1. The Morgan fingerprint density at radius 3 is 2.54 bits per heavy atom. The van der Waals surface area contributed by atoms with Crippen molar-refractivity contribution in [2.75, 3.05) is 0 Å². The second-order valence-corrected chi connectivity index (χ2v) is 8.25. The Bertz CT molecular complexity index is 1250. The lowest BCUT2D eigenvalue weighted by Gasteiger charge is -2.07. The molecule has 0 unspecified atom stereocenters. The smallest absolute Gasteiger partial charge is 0.200 e. The predicted octanol–water partition coefficient (Wildman–Crippen LogP) is 6.67. The van der Waals surface area contributed by atoms with E-state index in [2.05, 4.69) is 22.9 Å². The van der Waals surface area contributed by atoms with Crippen LogP contribution in [0.15, 0.2) is 88.8 Å². The molecule has 0 aliphatic carbocycles. The third-order valence-corrected chi connectivity index (χ3v) is 6.45. The van der Waals surface area contributed by atoms with E-state index in [-0.39, 0.29) is 5.78 Å². The zero-order valence-corrected chi connectivity index (χ0v) is 16.5. The van der Waals surface area contributed by atoms with Gasteiger partial charge in [-0.3, -0.25) is 4.79 Å². The monoisotopic (exact) mass is 401 g/mol. The number of aromatic nitrogens is 1. The van der Waals surface area contributed by atoms with Crippen LogP contribution >= 0.6 is 23.4 Å². The largest absolute Gasteiger partial charge is 0.342 e. The first-order chi connectivity index (χ1) is 13.7. The molecule has 4 aromatic rings. The Balaban J connectivity index is 1.58. The SMILES string of the molecule is O=C1/C(=C/c2cn(Cc3ccccc3Cl)c3ccccc23)Sc2ccccc21. The van der Waals surface area contributed by atoms with Crippen molar-refractivity contribution in [3.8, 4) is 0 Å². The average Bonchev–Trinajstić information content (AvgIpc) is 3.22. The molecule has 0 amide bonds. The quantitative estimate of drug-likeness (QED) is 0.357. The summed E-state index contributed by atoms with van der Waals surface area (Å²) in [4.78, 5) is 14.6. The molecular formula is C24H16ClNOS. The van der Waals surface area contributed by atoms with Gasteiger partial charge in [-0.2, -0.15) is 0 Å². The summed E-state index contributed by atoms with van der Waals surface area (Å²) in [6.07, 6.45) is 4.12. The normalized spacial score (nSPS) is 14.8. The Labute approximate surface area is 172 Å². The Hall–Kier alpha value is -2.75. The standard InChI is InChI=1S/C24H16ClNOS/c25-20-10-4-1-7-16(20)14-26-15-17(18-8-2-5-11-21(18)26)13-23-24(27)19-9-3-6-12-22(19)28-23/h1-13,15H,14H2/b23-13-. The zero-order chi connectivity index (χ0) is 19.1. The van der Waals surface area contributed by atoms with Crippen LogP contribution in [0.25, 0.3) is 17.0 Å². The van der Waals surface area contributed by atoms with Crippen molar-refractivity contribution in [2.45, 2.75) is 11.4 Å². The van der Waals surface area contributed by atoms with E-state index in [1.54, 1.807) is 11.8 Å². The maximum Gasteiger partial charge on any atom is 0.200 e. The first-order valence-electron chi connectivity index (χ1n) is 9.05. The third-order valence-electron chi connectivity index (χ3n) is 4.98. The minimum Gasteiger partial charge on any atom is -0.342 e. The van der Waals surface area contributed by atoms with Gasteiger partial charge in [0, 0.05) is 44.7 Å². The molecule has 3 aromatic carbocycles. The molecule has 2 heterocycles. The highest BCUT2D eigenvalue weighted by Crippen LogP contribution is 2.41. The number of nitrogens with zero attached hydrogens (tertiary/aromatic N) is 1. The first-order valence-corrected chi connectivity index (χ1v) is 10.2. The fourth-order valence-electron chi connectivity index (χ4n) is 3.61. The van der Waals surface area contributed by atoms with Gasteiger partial charge in [-0.25, -0.2) is 0 Å². The summed E-state index contributed by atoms with van der Waals surface area (Å²) >= 11 is 7.91. The number of hydrogen-bond donors (Lipinski definition) is 0. The molecule has 5 rings (SSSR count). The van der Waals surface area contributed by atoms with Gasteiger partial charge < -0.3 is 4.57 Å². The van der Waals surface area contributed by atoms with Gasteiger partial charge in [0.25, 0.3) is 0 Å². The molecule has 2 nitrogen and oxygen atoms in total. The van der Waals surface area contributed by atoms with Gasteiger partial charge in [-0.05, 0) is 35.9 Å². The van der Waals surface area contributed by atoms with E-state index in [0.29, 0.717) is 6.54 Å². The van der Waals surface area contributed by atoms with Gasteiger partial charge in [0.1, 0.15) is 0 Å². The van der Waals surface area contributed by atoms with E-state index in [4.69, 9.17) is 11.6 Å². The molecule has 1 aliphatic heterocycles. The molecule has 1 aliphatic rings. The number of para-hydroxylation sites is 1. The number of benzene rings is 3. The van der Waals surface area contributed by atoms with Gasteiger partial charge in [0.15, 0.2) is 0 Å². The van der Waals surface area contributed by atoms with Crippen LogP contribution in [-0.4, -0.2) is 10.4 Å². The Kier molecular flexibility index (Phi) is 4.34. The van der Waals surface area contributed by atoms with Crippen LogP contribution in [0, 0.1) is 0 Å². The lowest BCUT2D eigenvalue weighted by Crippen LogP contribution is -1.98. The fourth-order valence-corrected chi connectivity index (χ4v) is 4.85. The summed E-state index contributed by atoms with van der Waals surface area (Å²) in [6.45, 7) is 0.685. The van der Waals surface area contributed by atoms with Crippen molar-refractivity contribution in [1.82, 2.24) is 4.57 Å². The van der Waals surface area contributed by atoms with E-state index in [0.717, 1.165) is 42.4 Å². The van der Waals surface area contributed by atoms with E-state index in [9.17, 15) is 4.79 Å². The van der Waals surface area contributed by atoms with Crippen molar-refractivity contribution in [2.24, 2.45) is 0 Å². The predicted molar refractivity (Wildman–Crippen MR) is 117 cm³/mol. The number of carbonyl (C=O) groups excluding carboxylic acids is 1. The number of allylic oxidation sites excluding steroid dienone is 1. The van der Waals surface area contributed by atoms with Crippen molar-refractivity contribution in [1.29, 1.82) is 0 Å². The summed E-state index contributed by atoms with van der Waals surface area (Å²) in [5, 5.41) is 1.89. The number of fused-ring (bicyclic) bond motifs is 2. The van der Waals surface area contributed by atoms with Crippen molar-refractivity contribution in [3.05, 3.63) is 106 Å². The summed E-state index contributed by atoms with van der Waals surface area (Å²) in [7, 11) is 0. The Morgan fingerprint density at radius 2 is 1.68 bits per heavy atom. The fraction of sp³-hybridized carbons (Fsp3) is 0.0417. The molecule has 0 bridgehead atoms. The third kappa shape index (κ3) is 2.97. The second-order valence-electron chi connectivity index (χ2n) is 6.76. The maximum atomic E-state index is 12.8. The summed E-state index contributed by atoms with van der Waals surface area (Å²) in [6, 6.07) is 23.9. The maximum absolute atomic E-state index is 12.8. The molecule has 0 saturated carbocycles. The molecule has 0 N–H and O–H groups in total. The van der Waals surface area contributed by atoms with Gasteiger partial charge >= 0.3 is 0 Å². The molecule has 28 heavy (non-hydrogen) atoms. The molecule has 0 atom stereocenters. The van der Waals surface area contributed by atoms with Crippen LogP contribution in [0.5, 0.6) is 0 Å². The topological polar surface area (TPSA) is 22.0 Å². The van der Waals surface area contributed by atoms with Crippen LogP contribution in [0.2, 0.25) is 5.02 Å². The Morgan fingerprint density at radius 1 is 0.929 bits per heavy atom. The lowest BCUT2D eigenvalue weighted by molar-refractivity contribution is 0.104. The van der Waals surface area contributed by atoms with Crippen LogP contribution in [0.3, 0.4) is 0 Å². The molecule has 1 aromatic heterocycles. The van der Waals surface area contributed by atoms with Crippen LogP contribution < -0.4 is 0 Å². The van der Waals surface area contributed by atoms with Crippen LogP contribution in [0.1, 0.15) is 21.5 Å².